The summed E-state index contributed by atoms with van der Waals surface area (Å²) in [5, 5.41) is 10.8. The molecule has 0 saturated carbocycles. The van der Waals surface area contributed by atoms with Crippen molar-refractivity contribution in [2.45, 2.75) is 37.1 Å². The second-order valence-electron chi connectivity index (χ2n) is 3.82. The van der Waals surface area contributed by atoms with Crippen LogP contribution < -0.4 is 0 Å². The molecule has 0 aliphatic carbocycles. The van der Waals surface area contributed by atoms with Gasteiger partial charge in [0.15, 0.2) is 0 Å². The van der Waals surface area contributed by atoms with Gasteiger partial charge in [-0.05, 0) is 27.9 Å². The standard InChI is InChI=1S/C12H16BrNO2/c1-2-3-9-11(12(13)14(15)16)10-7-5-4-6-8-10/h4-8,11-12H,2-3,9H2,1H3. The number of hydrogen-bond donors (Lipinski definition) is 0. The lowest BCUT2D eigenvalue weighted by Gasteiger charge is -2.16. The summed E-state index contributed by atoms with van der Waals surface area (Å²) in [5.74, 6) is -0.0452. The molecule has 0 radical (unpaired) electrons. The first kappa shape index (κ1) is 13.2. The third kappa shape index (κ3) is 3.59. The van der Waals surface area contributed by atoms with Gasteiger partial charge in [-0.1, -0.05) is 50.1 Å². The van der Waals surface area contributed by atoms with E-state index in [2.05, 4.69) is 22.9 Å². The van der Waals surface area contributed by atoms with E-state index in [-0.39, 0.29) is 10.8 Å². The lowest BCUT2D eigenvalue weighted by atomic mass is 9.94. The van der Waals surface area contributed by atoms with E-state index in [0.717, 1.165) is 24.8 Å². The number of nitro groups is 1. The van der Waals surface area contributed by atoms with Crippen LogP contribution in [0.4, 0.5) is 0 Å². The maximum absolute atomic E-state index is 10.8. The molecule has 1 aromatic carbocycles. The first-order chi connectivity index (χ1) is 7.66. The van der Waals surface area contributed by atoms with Gasteiger partial charge in [-0.3, -0.25) is 10.1 Å². The molecule has 0 aromatic heterocycles. The number of benzene rings is 1. The Morgan fingerprint density at radius 1 is 1.38 bits per heavy atom. The van der Waals surface area contributed by atoms with E-state index in [1.165, 1.54) is 0 Å². The Balaban J connectivity index is 2.83. The first-order valence-corrected chi connectivity index (χ1v) is 6.41. The topological polar surface area (TPSA) is 43.1 Å². The van der Waals surface area contributed by atoms with E-state index in [9.17, 15) is 10.1 Å². The van der Waals surface area contributed by atoms with Gasteiger partial charge in [-0.2, -0.15) is 0 Å². The molecule has 0 aliphatic rings. The molecule has 4 heteroatoms. The highest BCUT2D eigenvalue weighted by Gasteiger charge is 2.29. The second-order valence-corrected chi connectivity index (χ2v) is 4.76. The molecule has 1 rings (SSSR count). The van der Waals surface area contributed by atoms with Crippen molar-refractivity contribution in [3.8, 4) is 0 Å². The Morgan fingerprint density at radius 3 is 2.50 bits per heavy atom. The van der Waals surface area contributed by atoms with Crippen LogP contribution in [0, 0.1) is 10.1 Å². The van der Waals surface area contributed by atoms with Crippen molar-refractivity contribution >= 4 is 15.9 Å². The van der Waals surface area contributed by atoms with Crippen LogP contribution in [0.2, 0.25) is 0 Å². The Labute approximate surface area is 104 Å². The third-order valence-electron chi connectivity index (χ3n) is 2.63. The highest BCUT2D eigenvalue weighted by Crippen LogP contribution is 2.30. The summed E-state index contributed by atoms with van der Waals surface area (Å²) in [7, 11) is 0. The summed E-state index contributed by atoms with van der Waals surface area (Å²) >= 11 is 3.18. The molecule has 2 unspecified atom stereocenters. The first-order valence-electron chi connectivity index (χ1n) is 5.49. The van der Waals surface area contributed by atoms with E-state index < -0.39 is 4.95 Å². The van der Waals surface area contributed by atoms with Crippen molar-refractivity contribution in [2.75, 3.05) is 0 Å². The van der Waals surface area contributed by atoms with E-state index in [1.807, 2.05) is 30.3 Å². The average molecular weight is 286 g/mol. The summed E-state index contributed by atoms with van der Waals surface area (Å²) in [6.45, 7) is 2.09. The molecule has 0 bridgehead atoms. The number of halogens is 1. The highest BCUT2D eigenvalue weighted by molar-refractivity contribution is 9.09. The predicted molar refractivity (Wildman–Crippen MR) is 68.4 cm³/mol. The normalized spacial score (nSPS) is 14.4. The van der Waals surface area contributed by atoms with Crippen molar-refractivity contribution in [1.29, 1.82) is 0 Å². The SMILES string of the molecule is CCCCC(c1ccccc1)C(Br)[N+](=O)[O-]. The fraction of sp³-hybridized carbons (Fsp3) is 0.500. The third-order valence-corrected chi connectivity index (χ3v) is 3.60. The van der Waals surface area contributed by atoms with Gasteiger partial charge >= 0.3 is 0 Å². The van der Waals surface area contributed by atoms with Crippen LogP contribution in [0.1, 0.15) is 37.7 Å². The highest BCUT2D eigenvalue weighted by atomic mass is 79.9. The number of rotatable bonds is 6. The van der Waals surface area contributed by atoms with Crippen LogP contribution >= 0.6 is 15.9 Å². The Hall–Kier alpha value is -0.900. The largest absolute Gasteiger partial charge is 0.272 e. The van der Waals surface area contributed by atoms with E-state index in [4.69, 9.17) is 0 Å². The fourth-order valence-corrected chi connectivity index (χ4v) is 2.30. The second kappa shape index (κ2) is 6.63. The molecule has 1 aromatic rings. The quantitative estimate of drug-likeness (QED) is 0.344. The molecule has 2 atom stereocenters. The van der Waals surface area contributed by atoms with Gasteiger partial charge in [-0.25, -0.2) is 0 Å². The molecule has 16 heavy (non-hydrogen) atoms. The van der Waals surface area contributed by atoms with Crippen molar-refractivity contribution < 1.29 is 4.92 Å². The summed E-state index contributed by atoms with van der Waals surface area (Å²) in [6, 6.07) is 9.69. The smallest absolute Gasteiger partial charge is 0.263 e. The average Bonchev–Trinajstić information content (AvgIpc) is 2.30. The minimum Gasteiger partial charge on any atom is -0.263 e. The number of hydrogen-bond acceptors (Lipinski definition) is 2. The maximum Gasteiger partial charge on any atom is 0.272 e. The Bertz CT molecular complexity index is 329. The monoisotopic (exact) mass is 285 g/mol. The van der Waals surface area contributed by atoms with Gasteiger partial charge in [0.1, 0.15) is 0 Å². The summed E-state index contributed by atoms with van der Waals surface area (Å²) in [5.41, 5.74) is 1.04. The summed E-state index contributed by atoms with van der Waals surface area (Å²) in [6.07, 6.45) is 2.91. The molecule has 0 saturated heterocycles. The van der Waals surface area contributed by atoms with Crippen molar-refractivity contribution in [3.63, 3.8) is 0 Å². The van der Waals surface area contributed by atoms with E-state index in [1.54, 1.807) is 0 Å². The Morgan fingerprint density at radius 2 is 2.00 bits per heavy atom. The summed E-state index contributed by atoms with van der Waals surface area (Å²) < 4.78 is 0. The van der Waals surface area contributed by atoms with Crippen LogP contribution in [0.15, 0.2) is 30.3 Å². The molecular weight excluding hydrogens is 270 g/mol. The van der Waals surface area contributed by atoms with Crippen LogP contribution in [0.25, 0.3) is 0 Å². The maximum atomic E-state index is 10.8. The van der Waals surface area contributed by atoms with Crippen LogP contribution in [-0.2, 0) is 0 Å². The van der Waals surface area contributed by atoms with E-state index >= 15 is 0 Å². The molecule has 0 N–H and O–H groups in total. The molecule has 0 amide bonds. The molecular formula is C12H16BrNO2. The lowest BCUT2D eigenvalue weighted by molar-refractivity contribution is -0.496. The molecule has 0 fully saturated rings. The fourth-order valence-electron chi connectivity index (χ4n) is 1.73. The molecule has 88 valence electrons. The van der Waals surface area contributed by atoms with E-state index in [0.29, 0.717) is 0 Å². The van der Waals surface area contributed by atoms with Gasteiger partial charge in [-0.15, -0.1) is 0 Å². The van der Waals surface area contributed by atoms with Crippen LogP contribution in [-0.4, -0.2) is 9.87 Å². The number of alkyl halides is 1. The van der Waals surface area contributed by atoms with Gasteiger partial charge in [0.2, 0.25) is 0 Å². The van der Waals surface area contributed by atoms with Gasteiger partial charge in [0.05, 0.1) is 5.92 Å². The minimum absolute atomic E-state index is 0.0452. The predicted octanol–water partition coefficient (Wildman–Crippen LogP) is 3.96. The number of unbranched alkanes of at least 4 members (excludes halogenated alkanes) is 1. The molecule has 0 heterocycles. The van der Waals surface area contributed by atoms with Crippen molar-refractivity contribution in [2.24, 2.45) is 0 Å². The van der Waals surface area contributed by atoms with Crippen LogP contribution in [0.3, 0.4) is 0 Å². The van der Waals surface area contributed by atoms with Gasteiger partial charge in [0, 0.05) is 4.92 Å². The zero-order chi connectivity index (χ0) is 12.0. The Kier molecular flexibility index (Phi) is 5.46. The molecule has 0 aliphatic heterocycles. The van der Waals surface area contributed by atoms with Crippen molar-refractivity contribution in [3.05, 3.63) is 46.0 Å². The zero-order valence-electron chi connectivity index (χ0n) is 9.30. The minimum atomic E-state index is -0.693. The molecule has 3 nitrogen and oxygen atoms in total. The summed E-state index contributed by atoms with van der Waals surface area (Å²) in [4.78, 5) is 9.89. The van der Waals surface area contributed by atoms with Gasteiger partial charge in [0.25, 0.3) is 4.95 Å². The number of nitrogens with zero attached hydrogens (tertiary/aromatic N) is 1. The van der Waals surface area contributed by atoms with Crippen molar-refractivity contribution in [1.82, 2.24) is 0 Å². The molecule has 0 spiro atoms. The van der Waals surface area contributed by atoms with Crippen LogP contribution in [0.5, 0.6) is 0 Å². The van der Waals surface area contributed by atoms with Gasteiger partial charge < -0.3 is 0 Å². The zero-order valence-corrected chi connectivity index (χ0v) is 10.9. The lowest BCUT2D eigenvalue weighted by Crippen LogP contribution is -2.21.